The molecule has 2 N–H and O–H groups in total. The van der Waals surface area contributed by atoms with Crippen LogP contribution in [0, 0.1) is 0 Å². The Kier molecular flexibility index (Phi) is 13.6. The van der Waals surface area contributed by atoms with Crippen molar-refractivity contribution in [1.29, 1.82) is 0 Å². The summed E-state index contributed by atoms with van der Waals surface area (Å²) in [7, 11) is 3.26. The van der Waals surface area contributed by atoms with E-state index in [1.165, 1.54) is 15.9 Å². The number of rotatable bonds is 14. The molecule has 0 saturated carbocycles. The molecule has 1 fully saturated rings. The van der Waals surface area contributed by atoms with Crippen LogP contribution in [0.25, 0.3) is 10.8 Å². The lowest BCUT2D eigenvalue weighted by Crippen LogP contribution is -2.56. The summed E-state index contributed by atoms with van der Waals surface area (Å²) in [6.45, 7) is 12.0. The van der Waals surface area contributed by atoms with Crippen LogP contribution < -0.4 is 10.6 Å². The van der Waals surface area contributed by atoms with Gasteiger partial charge in [0.15, 0.2) is 0 Å². The molecule has 1 heterocycles. The molecule has 3 unspecified atom stereocenters. The number of amides is 4. The van der Waals surface area contributed by atoms with Gasteiger partial charge in [0.2, 0.25) is 17.7 Å². The van der Waals surface area contributed by atoms with Gasteiger partial charge in [-0.3, -0.25) is 14.4 Å². The van der Waals surface area contributed by atoms with E-state index < -0.39 is 29.3 Å². The van der Waals surface area contributed by atoms with E-state index in [1.54, 1.807) is 34.9 Å². The number of carbonyl (C=O) groups excluding carboxylic acids is 4. The zero-order chi connectivity index (χ0) is 38.1. The van der Waals surface area contributed by atoms with Crippen molar-refractivity contribution >= 4 is 34.6 Å². The zero-order valence-electron chi connectivity index (χ0n) is 32.0. The van der Waals surface area contributed by atoms with Gasteiger partial charge in [-0.15, -0.1) is 0 Å². The highest BCUT2D eigenvalue weighted by atomic mass is 16.6. The Morgan fingerprint density at radius 1 is 0.865 bits per heavy atom. The second-order valence-electron chi connectivity index (χ2n) is 15.6. The third-order valence-corrected chi connectivity index (χ3v) is 9.19. The molecule has 4 amide bonds. The van der Waals surface area contributed by atoms with Crippen molar-refractivity contribution in [3.05, 3.63) is 95.6 Å². The van der Waals surface area contributed by atoms with E-state index in [4.69, 9.17) is 9.47 Å². The summed E-state index contributed by atoms with van der Waals surface area (Å²) in [6, 6.07) is 21.9. The van der Waals surface area contributed by atoms with Crippen LogP contribution in [0.5, 0.6) is 0 Å². The van der Waals surface area contributed by atoms with Gasteiger partial charge in [0.1, 0.15) is 17.7 Å². The number of fused-ring (bicyclic) bond motifs is 1. The predicted octanol–water partition coefficient (Wildman–Crippen LogP) is 6.21. The second-order valence-corrected chi connectivity index (χ2v) is 15.6. The van der Waals surface area contributed by atoms with E-state index in [2.05, 4.69) is 10.6 Å². The molecule has 0 aromatic heterocycles. The maximum atomic E-state index is 14.6. The van der Waals surface area contributed by atoms with Gasteiger partial charge in [0.25, 0.3) is 0 Å². The summed E-state index contributed by atoms with van der Waals surface area (Å²) in [6.07, 6.45) is 3.67. The molecule has 3 aromatic rings. The normalized spacial score (nSPS) is 16.2. The van der Waals surface area contributed by atoms with Gasteiger partial charge >= 0.3 is 6.09 Å². The van der Waals surface area contributed by atoms with E-state index in [1.807, 2.05) is 93.6 Å². The van der Waals surface area contributed by atoms with Gasteiger partial charge in [0, 0.05) is 51.7 Å². The number of carbonyl (C=O) groups is 4. The van der Waals surface area contributed by atoms with Gasteiger partial charge in [-0.25, -0.2) is 4.79 Å². The summed E-state index contributed by atoms with van der Waals surface area (Å²) < 4.78 is 11.2. The summed E-state index contributed by atoms with van der Waals surface area (Å²) in [4.78, 5) is 57.8. The fourth-order valence-electron chi connectivity index (χ4n) is 6.59. The smallest absolute Gasteiger partial charge is 0.408 e. The lowest BCUT2D eigenvalue weighted by molar-refractivity contribution is -0.146. The van der Waals surface area contributed by atoms with Crippen LogP contribution in [-0.2, 0) is 36.7 Å². The van der Waals surface area contributed by atoms with Crippen LogP contribution in [0.1, 0.15) is 71.9 Å². The zero-order valence-corrected chi connectivity index (χ0v) is 32.0. The molecule has 0 spiro atoms. The van der Waals surface area contributed by atoms with Crippen LogP contribution in [0.4, 0.5) is 4.79 Å². The molecule has 3 atom stereocenters. The Labute approximate surface area is 308 Å². The highest BCUT2D eigenvalue weighted by Crippen LogP contribution is 2.22. The van der Waals surface area contributed by atoms with Crippen LogP contribution in [0.2, 0.25) is 0 Å². The van der Waals surface area contributed by atoms with Gasteiger partial charge in [-0.2, -0.15) is 0 Å². The number of alkyl carbamates (subject to hydrolysis) is 1. The fourth-order valence-corrected chi connectivity index (χ4v) is 6.59. The number of likely N-dealkylation sites (N-methyl/N-ethyl adjacent to an activating group) is 2. The Bertz CT molecular complexity index is 1720. The van der Waals surface area contributed by atoms with Crippen molar-refractivity contribution in [3.8, 4) is 0 Å². The average molecular weight is 713 g/mol. The molecular formula is C42H56N4O6. The minimum atomic E-state index is -0.917. The first-order valence-electron chi connectivity index (χ1n) is 18.1. The van der Waals surface area contributed by atoms with Gasteiger partial charge < -0.3 is 29.9 Å². The average Bonchev–Trinajstić information content (AvgIpc) is 3.60. The third kappa shape index (κ3) is 11.9. The van der Waals surface area contributed by atoms with Crippen LogP contribution in [-0.4, -0.2) is 90.2 Å². The van der Waals surface area contributed by atoms with Crippen molar-refractivity contribution < 1.29 is 28.7 Å². The van der Waals surface area contributed by atoms with Crippen molar-refractivity contribution in [3.63, 3.8) is 0 Å². The number of ether oxygens (including phenoxy) is 2. The van der Waals surface area contributed by atoms with Crippen molar-refractivity contribution in [2.45, 2.75) is 103 Å². The van der Waals surface area contributed by atoms with Crippen LogP contribution >= 0.6 is 0 Å². The topological polar surface area (TPSA) is 117 Å². The first kappa shape index (κ1) is 40.1. The molecule has 52 heavy (non-hydrogen) atoms. The quantitative estimate of drug-likeness (QED) is 0.192. The third-order valence-electron chi connectivity index (χ3n) is 9.19. The van der Waals surface area contributed by atoms with E-state index in [0.717, 1.165) is 40.3 Å². The Balaban J connectivity index is 1.60. The molecular weight excluding hydrogens is 656 g/mol. The SMILES string of the molecule is C/C(=C\C(=O)N(C)C(Cc1ccc2ccccc2c1)C(=O)N(C)C(Cc1ccccc1)C(=O)NCC1CCCO1)CC(C)(C)NC(=O)OC(C)(C)C. The molecule has 0 radical (unpaired) electrons. The Morgan fingerprint density at radius 3 is 2.17 bits per heavy atom. The molecule has 3 aromatic carbocycles. The van der Waals surface area contributed by atoms with Gasteiger partial charge in [-0.05, 0) is 82.7 Å². The number of benzene rings is 3. The minimum absolute atomic E-state index is 0.0499. The summed E-state index contributed by atoms with van der Waals surface area (Å²) in [5.41, 5.74) is 1.17. The molecule has 280 valence electrons. The maximum Gasteiger partial charge on any atom is 0.408 e. The lowest BCUT2D eigenvalue weighted by Gasteiger charge is -2.34. The molecule has 1 aliphatic heterocycles. The highest BCUT2D eigenvalue weighted by Gasteiger charge is 2.35. The maximum absolute atomic E-state index is 14.6. The molecule has 1 aliphatic rings. The second kappa shape index (κ2) is 17.7. The Morgan fingerprint density at radius 2 is 1.52 bits per heavy atom. The number of nitrogens with one attached hydrogen (secondary N) is 2. The van der Waals surface area contributed by atoms with Crippen molar-refractivity contribution in [2.24, 2.45) is 0 Å². The number of hydrogen-bond acceptors (Lipinski definition) is 6. The molecule has 1 saturated heterocycles. The summed E-state index contributed by atoms with van der Waals surface area (Å²) in [5.74, 6) is -0.986. The fraction of sp³-hybridized carbons (Fsp3) is 0.476. The standard InChI is InChI=1S/C42H56N4O6/c1-29(27-42(5,6)44-40(50)52-41(2,3)4)23-37(47)45(7)36(26-31-20-21-32-17-12-13-18-33(32)24-31)39(49)46(8)35(25-30-15-10-9-11-16-30)38(48)43-28-34-19-14-22-51-34/h9-13,15-18,20-21,23-24,34-36H,14,19,22,25-28H2,1-8H3,(H,43,48)(H,44,50)/b29-23+. The number of nitrogens with zero attached hydrogens (tertiary/aromatic N) is 2. The molecule has 10 heteroatoms. The summed E-state index contributed by atoms with van der Waals surface area (Å²) in [5, 5.41) is 8.01. The lowest BCUT2D eigenvalue weighted by atomic mass is 9.95. The summed E-state index contributed by atoms with van der Waals surface area (Å²) >= 11 is 0. The van der Waals surface area contributed by atoms with E-state index in [9.17, 15) is 19.2 Å². The number of hydrogen-bond donors (Lipinski definition) is 2. The first-order valence-corrected chi connectivity index (χ1v) is 18.1. The molecule has 10 nitrogen and oxygen atoms in total. The van der Waals surface area contributed by atoms with Crippen LogP contribution in [0.15, 0.2) is 84.4 Å². The van der Waals surface area contributed by atoms with E-state index in [-0.39, 0.29) is 30.2 Å². The minimum Gasteiger partial charge on any atom is -0.444 e. The van der Waals surface area contributed by atoms with Crippen molar-refractivity contribution in [2.75, 3.05) is 27.2 Å². The molecule has 0 bridgehead atoms. The van der Waals surface area contributed by atoms with E-state index in [0.29, 0.717) is 26.0 Å². The highest BCUT2D eigenvalue weighted by molar-refractivity contribution is 5.95. The van der Waals surface area contributed by atoms with Crippen molar-refractivity contribution in [1.82, 2.24) is 20.4 Å². The van der Waals surface area contributed by atoms with Crippen LogP contribution in [0.3, 0.4) is 0 Å². The monoisotopic (exact) mass is 712 g/mol. The van der Waals surface area contributed by atoms with Gasteiger partial charge in [0.05, 0.1) is 6.10 Å². The first-order chi connectivity index (χ1) is 24.5. The molecule has 4 rings (SSSR count). The molecule has 0 aliphatic carbocycles. The largest absolute Gasteiger partial charge is 0.444 e. The van der Waals surface area contributed by atoms with E-state index >= 15 is 0 Å². The Hall–Kier alpha value is -4.70. The van der Waals surface area contributed by atoms with Gasteiger partial charge in [-0.1, -0.05) is 78.4 Å². The predicted molar refractivity (Wildman–Crippen MR) is 205 cm³/mol.